The number of hydrogen-bond donors (Lipinski definition) is 1. The molecule has 2 nitrogen and oxygen atoms in total. The largest absolute Gasteiger partial charge is 0.393 e. The van der Waals surface area contributed by atoms with Crippen molar-refractivity contribution in [2.45, 2.75) is 32.3 Å². The molecule has 0 aromatic rings. The first-order chi connectivity index (χ1) is 3.83. The second-order valence-corrected chi connectivity index (χ2v) is 2.40. The lowest BCUT2D eigenvalue weighted by molar-refractivity contribution is -0.104. The maximum absolute atomic E-state index is 8.71. The zero-order chi connectivity index (χ0) is 6.04. The third kappa shape index (κ3) is 1.43. The topological polar surface area (TPSA) is 29.5 Å². The van der Waals surface area contributed by atoms with Crippen molar-refractivity contribution in [1.82, 2.24) is 0 Å². The van der Waals surface area contributed by atoms with Crippen LogP contribution >= 0.6 is 0 Å². The summed E-state index contributed by atoms with van der Waals surface area (Å²) in [6.45, 7) is 0.184. The van der Waals surface area contributed by atoms with E-state index in [1.54, 1.807) is 7.11 Å². The molecule has 56 valence electrons. The Hall–Kier alpha value is -0.0800. The van der Waals surface area contributed by atoms with E-state index in [0.29, 0.717) is 0 Å². The molecule has 1 aliphatic rings. The Balaban J connectivity index is 0.000000640. The molecule has 0 aromatic carbocycles. The minimum absolute atomic E-state index is 0. The van der Waals surface area contributed by atoms with E-state index >= 15 is 0 Å². The van der Waals surface area contributed by atoms with Crippen LogP contribution in [0.5, 0.6) is 0 Å². The maximum Gasteiger partial charge on any atom is 0.0908 e. The predicted octanol–water partition coefficient (Wildman–Crippen LogP) is 1.18. The van der Waals surface area contributed by atoms with Crippen molar-refractivity contribution in [3.05, 3.63) is 0 Å². The minimum atomic E-state index is -0.139. The molecule has 0 aliphatic heterocycles. The van der Waals surface area contributed by atoms with Crippen molar-refractivity contribution in [2.75, 3.05) is 13.7 Å². The lowest BCUT2D eigenvalue weighted by Gasteiger charge is -2.38. The molecule has 0 bridgehead atoms. The van der Waals surface area contributed by atoms with Crippen molar-refractivity contribution in [2.24, 2.45) is 0 Å². The fraction of sp³-hybridized carbons (Fsp3) is 1.00. The first-order valence-corrected chi connectivity index (χ1v) is 2.99. The summed E-state index contributed by atoms with van der Waals surface area (Å²) in [5.74, 6) is 0. The summed E-state index contributed by atoms with van der Waals surface area (Å²) >= 11 is 0. The molecule has 0 amide bonds. The van der Waals surface area contributed by atoms with E-state index < -0.39 is 0 Å². The van der Waals surface area contributed by atoms with Gasteiger partial charge in [-0.25, -0.2) is 0 Å². The second kappa shape index (κ2) is 3.18. The van der Waals surface area contributed by atoms with Crippen LogP contribution in [0.3, 0.4) is 0 Å². The van der Waals surface area contributed by atoms with Crippen LogP contribution in [0.2, 0.25) is 0 Å². The summed E-state index contributed by atoms with van der Waals surface area (Å²) in [5, 5.41) is 8.71. The molecule has 1 N–H and O–H groups in total. The molecule has 1 rings (SSSR count). The van der Waals surface area contributed by atoms with E-state index in [0.717, 1.165) is 12.8 Å². The molecule has 0 spiro atoms. The Labute approximate surface area is 56.8 Å². The van der Waals surface area contributed by atoms with Crippen molar-refractivity contribution in [1.29, 1.82) is 0 Å². The van der Waals surface area contributed by atoms with Crippen molar-refractivity contribution in [3.8, 4) is 0 Å². The smallest absolute Gasteiger partial charge is 0.0908 e. The van der Waals surface area contributed by atoms with Crippen LogP contribution < -0.4 is 0 Å². The highest BCUT2D eigenvalue weighted by atomic mass is 16.5. The third-order valence-corrected chi connectivity index (χ3v) is 1.99. The Bertz CT molecular complexity index is 63.5. The van der Waals surface area contributed by atoms with E-state index in [4.69, 9.17) is 9.84 Å². The van der Waals surface area contributed by atoms with Crippen LogP contribution in [-0.2, 0) is 4.74 Å². The van der Waals surface area contributed by atoms with Gasteiger partial charge < -0.3 is 9.84 Å². The van der Waals surface area contributed by atoms with E-state index in [-0.39, 0.29) is 19.6 Å². The molecule has 0 atom stereocenters. The van der Waals surface area contributed by atoms with Gasteiger partial charge in [0.25, 0.3) is 0 Å². The van der Waals surface area contributed by atoms with Gasteiger partial charge in [-0.3, -0.25) is 0 Å². The predicted molar refractivity (Wildman–Crippen MR) is 37.4 cm³/mol. The number of methoxy groups -OCH3 is 1. The van der Waals surface area contributed by atoms with Crippen LogP contribution in [0.15, 0.2) is 0 Å². The van der Waals surface area contributed by atoms with E-state index in [1.165, 1.54) is 6.42 Å². The van der Waals surface area contributed by atoms with Crippen LogP contribution in [0.25, 0.3) is 0 Å². The average molecular weight is 132 g/mol. The monoisotopic (exact) mass is 132 g/mol. The van der Waals surface area contributed by atoms with Crippen LogP contribution in [0, 0.1) is 0 Å². The van der Waals surface area contributed by atoms with Crippen LogP contribution in [0.1, 0.15) is 26.7 Å². The van der Waals surface area contributed by atoms with Crippen LogP contribution in [0.4, 0.5) is 0 Å². The first kappa shape index (κ1) is 8.92. The first-order valence-electron chi connectivity index (χ1n) is 2.99. The van der Waals surface area contributed by atoms with E-state index in [2.05, 4.69) is 0 Å². The quantitative estimate of drug-likeness (QED) is 0.611. The van der Waals surface area contributed by atoms with E-state index in [1.807, 2.05) is 0 Å². The molecular formula is C7H16O2. The molecule has 1 saturated carbocycles. The fourth-order valence-electron chi connectivity index (χ4n) is 0.998. The number of rotatable bonds is 2. The van der Waals surface area contributed by atoms with Crippen LogP contribution in [-0.4, -0.2) is 24.4 Å². The van der Waals surface area contributed by atoms with E-state index in [9.17, 15) is 0 Å². The number of aliphatic hydroxyl groups excluding tert-OH is 1. The van der Waals surface area contributed by atoms with Gasteiger partial charge in [-0.1, -0.05) is 7.43 Å². The maximum atomic E-state index is 8.71. The average Bonchev–Trinajstić information content (AvgIpc) is 1.67. The van der Waals surface area contributed by atoms with Gasteiger partial charge in [0.05, 0.1) is 12.2 Å². The minimum Gasteiger partial charge on any atom is -0.393 e. The number of hydrogen-bond acceptors (Lipinski definition) is 2. The molecule has 9 heavy (non-hydrogen) atoms. The van der Waals surface area contributed by atoms with Gasteiger partial charge in [0.1, 0.15) is 0 Å². The summed E-state index contributed by atoms with van der Waals surface area (Å²) < 4.78 is 5.07. The summed E-state index contributed by atoms with van der Waals surface area (Å²) in [6, 6.07) is 0. The molecule has 0 saturated heterocycles. The number of aliphatic hydroxyl groups is 1. The normalized spacial score (nSPS) is 22.0. The second-order valence-electron chi connectivity index (χ2n) is 2.40. The molecule has 0 unspecified atom stereocenters. The molecule has 1 aliphatic carbocycles. The van der Waals surface area contributed by atoms with Gasteiger partial charge in [0.2, 0.25) is 0 Å². The Morgan fingerprint density at radius 2 is 2.11 bits per heavy atom. The van der Waals surface area contributed by atoms with Gasteiger partial charge in [0.15, 0.2) is 0 Å². The summed E-state index contributed by atoms with van der Waals surface area (Å²) in [7, 11) is 1.66. The number of ether oxygens (including phenoxy) is 1. The highest BCUT2D eigenvalue weighted by Crippen LogP contribution is 2.33. The van der Waals surface area contributed by atoms with Gasteiger partial charge in [-0.15, -0.1) is 0 Å². The summed E-state index contributed by atoms with van der Waals surface area (Å²) in [4.78, 5) is 0. The lowest BCUT2D eigenvalue weighted by atomic mass is 9.81. The molecule has 0 radical (unpaired) electrons. The zero-order valence-corrected chi connectivity index (χ0v) is 5.18. The molecular weight excluding hydrogens is 116 g/mol. The van der Waals surface area contributed by atoms with Crippen molar-refractivity contribution in [3.63, 3.8) is 0 Å². The highest BCUT2D eigenvalue weighted by Gasteiger charge is 2.35. The zero-order valence-electron chi connectivity index (χ0n) is 5.18. The van der Waals surface area contributed by atoms with Gasteiger partial charge in [0, 0.05) is 7.11 Å². The SMILES string of the molecule is C.COC1(CO)CCC1. The summed E-state index contributed by atoms with van der Waals surface area (Å²) in [5.41, 5.74) is -0.139. The Morgan fingerprint density at radius 1 is 1.56 bits per heavy atom. The molecule has 0 aromatic heterocycles. The highest BCUT2D eigenvalue weighted by molar-refractivity contribution is 4.88. The Morgan fingerprint density at radius 3 is 2.11 bits per heavy atom. The fourth-order valence-corrected chi connectivity index (χ4v) is 0.998. The van der Waals surface area contributed by atoms with Gasteiger partial charge in [-0.05, 0) is 19.3 Å². The lowest BCUT2D eigenvalue weighted by Crippen LogP contribution is -2.42. The molecule has 1 fully saturated rings. The molecule has 2 heteroatoms. The van der Waals surface area contributed by atoms with Crippen molar-refractivity contribution < 1.29 is 9.84 Å². The standard InChI is InChI=1S/C6H12O2.CH4/c1-8-6(5-7)3-2-4-6;/h7H,2-5H2,1H3;1H4. The third-order valence-electron chi connectivity index (χ3n) is 1.99. The summed E-state index contributed by atoms with van der Waals surface area (Å²) in [6.07, 6.45) is 3.26. The Kier molecular flexibility index (Phi) is 3.15. The van der Waals surface area contributed by atoms with Crippen molar-refractivity contribution >= 4 is 0 Å². The molecule has 0 heterocycles. The van der Waals surface area contributed by atoms with Gasteiger partial charge >= 0.3 is 0 Å². The van der Waals surface area contributed by atoms with Gasteiger partial charge in [-0.2, -0.15) is 0 Å².